The number of carbonyl (C=O) groups is 2. The number of aromatic nitrogens is 1. The molecule has 186 valence electrons. The summed E-state index contributed by atoms with van der Waals surface area (Å²) in [7, 11) is 0. The van der Waals surface area contributed by atoms with Gasteiger partial charge in [-0.3, -0.25) is 14.6 Å². The van der Waals surface area contributed by atoms with Crippen LogP contribution in [0, 0.1) is 23.7 Å². The van der Waals surface area contributed by atoms with Crippen LogP contribution in [0.1, 0.15) is 64.9 Å². The number of amides is 1. The fourth-order valence-corrected chi connectivity index (χ4v) is 6.20. The number of pyridine rings is 1. The molecule has 1 aromatic rings. The Balaban J connectivity index is 1.20. The highest BCUT2D eigenvalue weighted by atomic mass is 17.3. The van der Waals surface area contributed by atoms with Gasteiger partial charge in [0.05, 0.1) is 6.42 Å². The van der Waals surface area contributed by atoms with E-state index in [0.717, 1.165) is 31.2 Å². The molecule has 1 N–H and O–H groups in total. The van der Waals surface area contributed by atoms with Crippen molar-refractivity contribution in [3.05, 3.63) is 30.1 Å². The van der Waals surface area contributed by atoms with Crippen molar-refractivity contribution < 1.29 is 33.6 Å². The lowest BCUT2D eigenvalue weighted by atomic mass is 9.58. The third-order valence-electron chi connectivity index (χ3n) is 8.11. The van der Waals surface area contributed by atoms with Crippen LogP contribution < -0.4 is 5.32 Å². The number of ether oxygens (including phenoxy) is 3. The highest BCUT2D eigenvalue weighted by molar-refractivity contribution is 5.81. The molecule has 2 bridgehead atoms. The molecule has 3 unspecified atom stereocenters. The molecule has 1 spiro atoms. The van der Waals surface area contributed by atoms with Gasteiger partial charge in [-0.05, 0) is 49.7 Å². The first-order chi connectivity index (χ1) is 16.3. The summed E-state index contributed by atoms with van der Waals surface area (Å²) in [6.07, 6.45) is 5.64. The van der Waals surface area contributed by atoms with Gasteiger partial charge < -0.3 is 19.5 Å². The molecule has 6 rings (SSSR count). The number of hydrogen-bond acceptors (Lipinski definition) is 8. The summed E-state index contributed by atoms with van der Waals surface area (Å²) in [6.45, 7) is 6.52. The van der Waals surface area contributed by atoms with E-state index in [0.29, 0.717) is 12.5 Å². The van der Waals surface area contributed by atoms with Crippen LogP contribution in [0.15, 0.2) is 24.5 Å². The molecule has 0 radical (unpaired) electrons. The van der Waals surface area contributed by atoms with Gasteiger partial charge in [-0.2, -0.15) is 0 Å². The second kappa shape index (κ2) is 9.18. The first-order valence-corrected chi connectivity index (χ1v) is 12.4. The second-order valence-electron chi connectivity index (χ2n) is 10.4. The molecule has 1 aliphatic carbocycles. The van der Waals surface area contributed by atoms with Gasteiger partial charge in [-0.1, -0.05) is 19.9 Å². The van der Waals surface area contributed by atoms with Crippen molar-refractivity contribution in [2.45, 2.75) is 89.8 Å². The number of esters is 1. The maximum Gasteiger partial charge on any atom is 0.308 e. The molecule has 1 amide bonds. The van der Waals surface area contributed by atoms with E-state index in [1.807, 2.05) is 26.0 Å². The van der Waals surface area contributed by atoms with E-state index in [2.05, 4.69) is 17.2 Å². The minimum absolute atomic E-state index is 0.0240. The summed E-state index contributed by atoms with van der Waals surface area (Å²) >= 11 is 0. The molecular weight excluding hydrogens is 440 g/mol. The number of rotatable bonds is 6. The first kappa shape index (κ1) is 23.7. The molecule has 9 heteroatoms. The van der Waals surface area contributed by atoms with Crippen molar-refractivity contribution >= 4 is 11.9 Å². The molecule has 1 saturated carbocycles. The lowest BCUT2D eigenvalue weighted by molar-refractivity contribution is -0.576. The van der Waals surface area contributed by atoms with Crippen LogP contribution in [0.25, 0.3) is 0 Å². The summed E-state index contributed by atoms with van der Waals surface area (Å²) in [6, 6.07) is 3.69. The van der Waals surface area contributed by atoms with Crippen molar-refractivity contribution in [3.63, 3.8) is 0 Å². The fraction of sp³-hybridized carbons (Fsp3) is 0.720. The van der Waals surface area contributed by atoms with Crippen molar-refractivity contribution in [2.75, 3.05) is 0 Å². The van der Waals surface area contributed by atoms with E-state index in [1.54, 1.807) is 12.4 Å². The van der Waals surface area contributed by atoms with Gasteiger partial charge in [0.15, 0.2) is 11.9 Å². The largest absolute Gasteiger partial charge is 0.435 e. The van der Waals surface area contributed by atoms with Crippen LogP contribution >= 0.6 is 0 Å². The van der Waals surface area contributed by atoms with Crippen molar-refractivity contribution in [1.82, 2.24) is 10.3 Å². The number of nitrogens with one attached hydrogen (secondary N) is 1. The zero-order valence-electron chi connectivity index (χ0n) is 20.0. The first-order valence-electron chi connectivity index (χ1n) is 12.4. The maximum atomic E-state index is 12.6. The van der Waals surface area contributed by atoms with Gasteiger partial charge in [-0.25, -0.2) is 9.78 Å². The predicted molar refractivity (Wildman–Crippen MR) is 118 cm³/mol. The Hall–Kier alpha value is -2.07. The standard InChI is InChI=1S/C25H34N2O7/c1-15-6-7-19-16(2)22(31-23-25(19)18(15)10-11-24(3,32-23)33-34-25)30-21(29)9-8-20(28)27-14-17-5-4-12-26-13-17/h4-5,12-13,15-16,18-19,22-23H,6-11,14H2,1-3H3,(H,27,28)/t15-,16-,18?,19-,22?,23-,24?,25-/m1/s1. The summed E-state index contributed by atoms with van der Waals surface area (Å²) in [5.41, 5.74) is 0.205. The second-order valence-corrected chi connectivity index (χ2v) is 10.4. The third-order valence-corrected chi connectivity index (χ3v) is 8.11. The van der Waals surface area contributed by atoms with Crippen molar-refractivity contribution in [3.8, 4) is 0 Å². The lowest BCUT2D eigenvalue weighted by Crippen LogP contribution is -2.70. The minimum atomic E-state index is -0.876. The molecule has 5 fully saturated rings. The SMILES string of the molecule is C[C@@H]1CC[C@@H]2[C@@H](C)C(OC(=O)CCC(=O)NCc3cccnc3)O[C@@H]3OC4(C)CCC1[C@]32OO4. The zero-order chi connectivity index (χ0) is 23.9. The minimum Gasteiger partial charge on any atom is -0.435 e. The van der Waals surface area contributed by atoms with Crippen LogP contribution in [-0.4, -0.2) is 40.8 Å². The molecule has 0 aromatic carbocycles. The summed E-state index contributed by atoms with van der Waals surface area (Å²) in [4.78, 5) is 40.7. The van der Waals surface area contributed by atoms with Crippen LogP contribution in [0.2, 0.25) is 0 Å². The Morgan fingerprint density at radius 3 is 2.82 bits per heavy atom. The Morgan fingerprint density at radius 1 is 1.18 bits per heavy atom. The molecule has 5 heterocycles. The average molecular weight is 475 g/mol. The molecule has 1 aromatic heterocycles. The quantitative estimate of drug-likeness (QED) is 0.495. The summed E-state index contributed by atoms with van der Waals surface area (Å²) in [5, 5.41) is 2.80. The van der Waals surface area contributed by atoms with Gasteiger partial charge in [0.1, 0.15) is 0 Å². The number of carbonyl (C=O) groups excluding carboxylic acids is 2. The highest BCUT2D eigenvalue weighted by Crippen LogP contribution is 2.60. The van der Waals surface area contributed by atoms with Crippen molar-refractivity contribution in [1.29, 1.82) is 0 Å². The number of fused-ring (bicyclic) bond motifs is 2. The Labute approximate surface area is 199 Å². The Morgan fingerprint density at radius 2 is 2.03 bits per heavy atom. The van der Waals surface area contributed by atoms with Crippen LogP contribution in [-0.2, 0) is 40.1 Å². The molecule has 4 saturated heterocycles. The topological polar surface area (TPSA) is 105 Å². The normalized spacial score (nSPS) is 40.7. The summed E-state index contributed by atoms with van der Waals surface area (Å²) in [5.74, 6) is -0.856. The number of nitrogens with zero attached hydrogens (tertiary/aromatic N) is 1. The molecule has 8 atom stereocenters. The Bertz CT molecular complexity index is 914. The number of hydrogen-bond donors (Lipinski definition) is 1. The fourth-order valence-electron chi connectivity index (χ4n) is 6.20. The maximum absolute atomic E-state index is 12.6. The highest BCUT2D eigenvalue weighted by Gasteiger charge is 2.69. The van der Waals surface area contributed by atoms with Crippen LogP contribution in [0.5, 0.6) is 0 Å². The molecule has 5 aliphatic rings. The molecule has 9 nitrogen and oxygen atoms in total. The average Bonchev–Trinajstić information content (AvgIpc) is 3.06. The zero-order valence-corrected chi connectivity index (χ0v) is 20.0. The van der Waals surface area contributed by atoms with E-state index < -0.39 is 29.9 Å². The lowest BCUT2D eigenvalue weighted by Gasteiger charge is -2.59. The summed E-state index contributed by atoms with van der Waals surface area (Å²) < 4.78 is 18.3. The molecule has 34 heavy (non-hydrogen) atoms. The Kier molecular flexibility index (Phi) is 6.39. The van der Waals surface area contributed by atoms with Gasteiger partial charge in [-0.15, -0.1) is 0 Å². The molecular formula is C25H34N2O7. The van der Waals surface area contributed by atoms with E-state index in [9.17, 15) is 9.59 Å². The van der Waals surface area contributed by atoms with E-state index in [-0.39, 0.29) is 36.5 Å². The van der Waals surface area contributed by atoms with Gasteiger partial charge in [0.25, 0.3) is 0 Å². The van der Waals surface area contributed by atoms with E-state index >= 15 is 0 Å². The predicted octanol–water partition coefficient (Wildman–Crippen LogP) is 3.23. The van der Waals surface area contributed by atoms with Crippen molar-refractivity contribution in [2.24, 2.45) is 23.7 Å². The molecule has 4 aliphatic heterocycles. The van der Waals surface area contributed by atoms with Gasteiger partial charge in [0.2, 0.25) is 18.0 Å². The monoisotopic (exact) mass is 474 g/mol. The van der Waals surface area contributed by atoms with Crippen LogP contribution in [0.4, 0.5) is 0 Å². The van der Waals surface area contributed by atoms with E-state index in [1.165, 1.54) is 0 Å². The smallest absolute Gasteiger partial charge is 0.308 e. The van der Waals surface area contributed by atoms with Gasteiger partial charge >= 0.3 is 5.97 Å². The van der Waals surface area contributed by atoms with Crippen LogP contribution in [0.3, 0.4) is 0 Å². The third kappa shape index (κ3) is 4.23. The van der Waals surface area contributed by atoms with E-state index in [4.69, 9.17) is 24.0 Å². The van der Waals surface area contributed by atoms with Gasteiger partial charge in [0, 0.05) is 43.6 Å².